The summed E-state index contributed by atoms with van der Waals surface area (Å²) >= 11 is 0. The van der Waals surface area contributed by atoms with Crippen LogP contribution in [-0.4, -0.2) is 4.98 Å². The summed E-state index contributed by atoms with van der Waals surface area (Å²) in [5.41, 5.74) is 3.86. The van der Waals surface area contributed by atoms with Gasteiger partial charge in [-0.3, -0.25) is 5.84 Å². The van der Waals surface area contributed by atoms with Crippen molar-refractivity contribution >= 4 is 5.69 Å². The molecule has 1 aromatic heterocycles. The second-order valence-electron chi connectivity index (χ2n) is 3.66. The maximum Gasteiger partial charge on any atom is 0.219 e. The maximum atomic E-state index is 13.3. The monoisotopic (exact) mass is 251 g/mol. The van der Waals surface area contributed by atoms with Crippen LogP contribution in [0.15, 0.2) is 30.5 Å². The van der Waals surface area contributed by atoms with Crippen LogP contribution in [0.2, 0.25) is 0 Å². The average Bonchev–Trinajstić information content (AvgIpc) is 2.34. The molecule has 1 heterocycles. The molecule has 2 aromatic rings. The van der Waals surface area contributed by atoms with Crippen molar-refractivity contribution in [3.05, 3.63) is 47.7 Å². The van der Waals surface area contributed by atoms with E-state index in [4.69, 9.17) is 10.6 Å². The van der Waals surface area contributed by atoms with E-state index in [1.807, 2.05) is 0 Å². The second-order valence-corrected chi connectivity index (χ2v) is 3.66. The standard InChI is InChI=1S/C12H11F2N3O/c1-7-4-12(16-6-10(7)17-15)18-11-5-8(13)2-3-9(11)14/h2-6,17H,15H2,1H3. The highest BCUT2D eigenvalue weighted by molar-refractivity contribution is 5.49. The summed E-state index contributed by atoms with van der Waals surface area (Å²) in [6.45, 7) is 1.78. The lowest BCUT2D eigenvalue weighted by atomic mass is 10.2. The van der Waals surface area contributed by atoms with Gasteiger partial charge in [-0.1, -0.05) is 0 Å². The molecule has 0 saturated carbocycles. The molecule has 94 valence electrons. The van der Waals surface area contributed by atoms with Gasteiger partial charge in [-0.15, -0.1) is 0 Å². The first-order valence-electron chi connectivity index (χ1n) is 5.16. The van der Waals surface area contributed by atoms with Crippen LogP contribution >= 0.6 is 0 Å². The largest absolute Gasteiger partial charge is 0.436 e. The Balaban J connectivity index is 2.28. The van der Waals surface area contributed by atoms with E-state index >= 15 is 0 Å². The first-order chi connectivity index (χ1) is 8.60. The van der Waals surface area contributed by atoms with Gasteiger partial charge in [0.1, 0.15) is 5.82 Å². The van der Waals surface area contributed by atoms with Crippen LogP contribution in [0.4, 0.5) is 14.5 Å². The zero-order chi connectivity index (χ0) is 13.1. The number of pyridine rings is 1. The first kappa shape index (κ1) is 12.3. The third-order valence-corrected chi connectivity index (χ3v) is 2.35. The lowest BCUT2D eigenvalue weighted by Gasteiger charge is -2.08. The van der Waals surface area contributed by atoms with Crippen molar-refractivity contribution in [1.29, 1.82) is 0 Å². The number of aryl methyl sites for hydroxylation is 1. The summed E-state index contributed by atoms with van der Waals surface area (Å²) < 4.78 is 31.5. The van der Waals surface area contributed by atoms with E-state index in [0.29, 0.717) is 5.69 Å². The molecule has 0 aliphatic heterocycles. The second kappa shape index (κ2) is 4.97. The van der Waals surface area contributed by atoms with E-state index in [0.717, 1.165) is 23.8 Å². The van der Waals surface area contributed by atoms with E-state index < -0.39 is 11.6 Å². The topological polar surface area (TPSA) is 60.2 Å². The Morgan fingerprint density at radius 1 is 1.28 bits per heavy atom. The number of halogens is 2. The molecule has 0 unspecified atom stereocenters. The molecule has 6 heteroatoms. The molecule has 4 nitrogen and oxygen atoms in total. The van der Waals surface area contributed by atoms with E-state index in [-0.39, 0.29) is 11.6 Å². The van der Waals surface area contributed by atoms with Gasteiger partial charge in [0.05, 0.1) is 11.9 Å². The van der Waals surface area contributed by atoms with Gasteiger partial charge in [0.25, 0.3) is 0 Å². The summed E-state index contributed by atoms with van der Waals surface area (Å²) in [5.74, 6) is 3.97. The minimum absolute atomic E-state index is 0.163. The highest BCUT2D eigenvalue weighted by Gasteiger charge is 2.08. The zero-order valence-electron chi connectivity index (χ0n) is 9.58. The number of ether oxygens (including phenoxy) is 1. The van der Waals surface area contributed by atoms with E-state index in [9.17, 15) is 8.78 Å². The van der Waals surface area contributed by atoms with Crippen molar-refractivity contribution in [2.45, 2.75) is 6.92 Å². The zero-order valence-corrected chi connectivity index (χ0v) is 9.58. The third kappa shape index (κ3) is 2.54. The molecule has 0 amide bonds. The number of nitrogens with one attached hydrogen (secondary N) is 1. The minimum atomic E-state index is -0.656. The van der Waals surface area contributed by atoms with Crippen molar-refractivity contribution < 1.29 is 13.5 Å². The van der Waals surface area contributed by atoms with Gasteiger partial charge in [0.2, 0.25) is 5.88 Å². The third-order valence-electron chi connectivity index (χ3n) is 2.35. The molecule has 0 spiro atoms. The predicted molar refractivity (Wildman–Crippen MR) is 63.2 cm³/mol. The van der Waals surface area contributed by atoms with Crippen LogP contribution in [0, 0.1) is 18.6 Å². The van der Waals surface area contributed by atoms with Crippen molar-refractivity contribution in [2.75, 3.05) is 5.43 Å². The predicted octanol–water partition coefficient (Wildman–Crippen LogP) is 2.75. The summed E-state index contributed by atoms with van der Waals surface area (Å²) in [4.78, 5) is 3.92. The quantitative estimate of drug-likeness (QED) is 0.650. The van der Waals surface area contributed by atoms with Gasteiger partial charge in [-0.05, 0) is 24.6 Å². The molecular weight excluding hydrogens is 240 g/mol. The number of nitrogens with two attached hydrogens (primary N) is 1. The van der Waals surface area contributed by atoms with Gasteiger partial charge in [-0.25, -0.2) is 13.8 Å². The van der Waals surface area contributed by atoms with Crippen LogP contribution in [0.25, 0.3) is 0 Å². The van der Waals surface area contributed by atoms with Gasteiger partial charge >= 0.3 is 0 Å². The molecule has 0 fully saturated rings. The summed E-state index contributed by atoms with van der Waals surface area (Å²) in [5, 5.41) is 0. The normalized spacial score (nSPS) is 10.2. The number of anilines is 1. The van der Waals surface area contributed by atoms with Crippen LogP contribution in [-0.2, 0) is 0 Å². The van der Waals surface area contributed by atoms with Crippen LogP contribution in [0.1, 0.15) is 5.56 Å². The molecule has 0 saturated heterocycles. The number of nitrogens with zero attached hydrogens (tertiary/aromatic N) is 1. The van der Waals surface area contributed by atoms with Crippen LogP contribution in [0.3, 0.4) is 0 Å². The number of rotatable bonds is 3. The molecular formula is C12H11F2N3O. The molecule has 0 radical (unpaired) electrons. The van der Waals surface area contributed by atoms with Crippen molar-refractivity contribution in [3.8, 4) is 11.6 Å². The lowest BCUT2D eigenvalue weighted by molar-refractivity contribution is 0.422. The fourth-order valence-electron chi connectivity index (χ4n) is 1.41. The molecule has 0 aliphatic rings. The fraction of sp³-hybridized carbons (Fsp3) is 0.0833. The smallest absolute Gasteiger partial charge is 0.219 e. The number of benzene rings is 1. The molecule has 18 heavy (non-hydrogen) atoms. The summed E-state index contributed by atoms with van der Waals surface area (Å²) in [6.07, 6.45) is 1.45. The number of aromatic nitrogens is 1. The summed E-state index contributed by atoms with van der Waals surface area (Å²) in [7, 11) is 0. The Morgan fingerprint density at radius 3 is 2.72 bits per heavy atom. The molecule has 1 aromatic carbocycles. The Kier molecular flexibility index (Phi) is 3.38. The number of hydrazine groups is 1. The molecule has 0 atom stereocenters. The minimum Gasteiger partial charge on any atom is -0.436 e. The van der Waals surface area contributed by atoms with E-state index in [1.165, 1.54) is 6.20 Å². The number of hydrogen-bond donors (Lipinski definition) is 2. The number of nitrogen functional groups attached to an aromatic ring is 1. The molecule has 2 rings (SSSR count). The van der Waals surface area contributed by atoms with Gasteiger partial charge in [0, 0.05) is 12.1 Å². The van der Waals surface area contributed by atoms with Gasteiger partial charge in [0.15, 0.2) is 11.6 Å². The van der Waals surface area contributed by atoms with Crippen molar-refractivity contribution in [2.24, 2.45) is 5.84 Å². The Hall–Kier alpha value is -2.21. The average molecular weight is 251 g/mol. The van der Waals surface area contributed by atoms with Crippen LogP contribution < -0.4 is 16.0 Å². The fourth-order valence-corrected chi connectivity index (χ4v) is 1.41. The SMILES string of the molecule is Cc1cc(Oc2cc(F)ccc2F)ncc1NN. The molecule has 0 bridgehead atoms. The van der Waals surface area contributed by atoms with E-state index in [1.54, 1.807) is 13.0 Å². The highest BCUT2D eigenvalue weighted by Crippen LogP contribution is 2.25. The Morgan fingerprint density at radius 2 is 2.06 bits per heavy atom. The highest BCUT2D eigenvalue weighted by atomic mass is 19.1. The van der Waals surface area contributed by atoms with Gasteiger partial charge in [-0.2, -0.15) is 0 Å². The summed E-state index contributed by atoms with van der Waals surface area (Å²) in [6, 6.07) is 4.54. The van der Waals surface area contributed by atoms with E-state index in [2.05, 4.69) is 10.4 Å². The maximum absolute atomic E-state index is 13.3. The van der Waals surface area contributed by atoms with Gasteiger partial charge < -0.3 is 10.2 Å². The Bertz CT molecular complexity index is 575. The van der Waals surface area contributed by atoms with Crippen molar-refractivity contribution in [3.63, 3.8) is 0 Å². The number of hydrogen-bond acceptors (Lipinski definition) is 4. The first-order valence-corrected chi connectivity index (χ1v) is 5.16. The van der Waals surface area contributed by atoms with Crippen LogP contribution in [0.5, 0.6) is 11.6 Å². The molecule has 0 aliphatic carbocycles. The molecule has 3 N–H and O–H groups in total. The van der Waals surface area contributed by atoms with Crippen molar-refractivity contribution in [1.82, 2.24) is 4.98 Å². The Labute approximate surface area is 102 Å². The lowest BCUT2D eigenvalue weighted by Crippen LogP contribution is -2.08.